The number of aliphatic hydroxyl groups is 1. The Morgan fingerprint density at radius 3 is 2.57 bits per heavy atom. The van der Waals surface area contributed by atoms with Crippen LogP contribution in [-0.4, -0.2) is 40.0 Å². The van der Waals surface area contributed by atoms with Gasteiger partial charge in [0.05, 0.1) is 23.2 Å². The summed E-state index contributed by atoms with van der Waals surface area (Å²) in [6.07, 6.45) is 0.563. The van der Waals surface area contributed by atoms with Crippen molar-refractivity contribution in [3.8, 4) is 0 Å². The van der Waals surface area contributed by atoms with Crippen LogP contribution in [0.3, 0.4) is 0 Å². The van der Waals surface area contributed by atoms with Crippen LogP contribution in [-0.2, 0) is 4.79 Å². The first-order valence-electron chi connectivity index (χ1n) is 10.1. The Balaban J connectivity index is 1.99. The minimum atomic E-state index is -1.21. The molecular formula is C23H29FN2O3S. The topological polar surface area (TPSA) is 69.6 Å². The summed E-state index contributed by atoms with van der Waals surface area (Å²) in [5, 5.41) is 16.0. The molecule has 0 radical (unpaired) electrons. The van der Waals surface area contributed by atoms with Crippen LogP contribution < -0.4 is 5.32 Å². The number of benzene rings is 1. The van der Waals surface area contributed by atoms with Crippen LogP contribution in [0, 0.1) is 11.2 Å². The molecule has 3 atom stereocenters. The molecule has 1 aromatic carbocycles. The quantitative estimate of drug-likeness (QED) is 0.763. The molecule has 1 aromatic heterocycles. The molecule has 0 aliphatic carbocycles. The van der Waals surface area contributed by atoms with Crippen LogP contribution >= 0.6 is 11.3 Å². The Morgan fingerprint density at radius 2 is 1.97 bits per heavy atom. The van der Waals surface area contributed by atoms with Crippen molar-refractivity contribution in [3.63, 3.8) is 0 Å². The van der Waals surface area contributed by atoms with Crippen molar-refractivity contribution in [1.29, 1.82) is 0 Å². The summed E-state index contributed by atoms with van der Waals surface area (Å²) in [5.41, 5.74) is -1.44. The Kier molecular flexibility index (Phi) is 6.34. The third-order valence-electron chi connectivity index (χ3n) is 5.39. The molecule has 0 bridgehead atoms. The van der Waals surface area contributed by atoms with E-state index in [9.17, 15) is 19.1 Å². The highest BCUT2D eigenvalue weighted by atomic mass is 32.1. The van der Waals surface area contributed by atoms with E-state index in [0.717, 1.165) is 4.88 Å². The second kappa shape index (κ2) is 8.47. The maximum Gasteiger partial charge on any atom is 0.257 e. The molecule has 162 valence electrons. The van der Waals surface area contributed by atoms with Gasteiger partial charge in [0.2, 0.25) is 5.91 Å². The molecule has 30 heavy (non-hydrogen) atoms. The summed E-state index contributed by atoms with van der Waals surface area (Å²) in [7, 11) is 0. The number of hydrogen-bond acceptors (Lipinski definition) is 4. The zero-order valence-electron chi connectivity index (χ0n) is 17.8. The predicted octanol–water partition coefficient (Wildman–Crippen LogP) is 4.15. The smallest absolute Gasteiger partial charge is 0.257 e. The van der Waals surface area contributed by atoms with Gasteiger partial charge in [0, 0.05) is 17.8 Å². The first-order valence-corrected chi connectivity index (χ1v) is 11.0. The van der Waals surface area contributed by atoms with Crippen molar-refractivity contribution in [2.75, 3.05) is 6.54 Å². The van der Waals surface area contributed by atoms with E-state index in [1.807, 2.05) is 38.3 Å². The van der Waals surface area contributed by atoms with Gasteiger partial charge in [-0.3, -0.25) is 9.59 Å². The van der Waals surface area contributed by atoms with Crippen molar-refractivity contribution in [2.45, 2.75) is 58.2 Å². The zero-order valence-corrected chi connectivity index (χ0v) is 18.6. The van der Waals surface area contributed by atoms with Gasteiger partial charge in [-0.05, 0) is 42.3 Å². The molecule has 1 fully saturated rings. The number of likely N-dealkylation sites (tertiary alicyclic amines) is 1. The first-order chi connectivity index (χ1) is 14.0. The van der Waals surface area contributed by atoms with Crippen LogP contribution in [0.15, 0.2) is 41.8 Å². The summed E-state index contributed by atoms with van der Waals surface area (Å²) < 4.78 is 14.3. The van der Waals surface area contributed by atoms with Gasteiger partial charge in [0.15, 0.2) is 0 Å². The van der Waals surface area contributed by atoms with E-state index in [-0.39, 0.29) is 36.3 Å². The average molecular weight is 433 g/mol. The van der Waals surface area contributed by atoms with E-state index in [1.54, 1.807) is 24.0 Å². The fourth-order valence-electron chi connectivity index (χ4n) is 3.90. The standard InChI is InChI=1S/C23H29FN2O3S/c1-22(2,3)14-18(27)25-20-19(17-10-7-13-30-17)26(12-11-23(20,4)29)21(28)15-8-5-6-9-16(15)24/h5-10,13,19-20,29H,11-12,14H2,1-4H3,(H,25,27)/t19-,20-,23+/m0/s1. The Morgan fingerprint density at radius 1 is 1.27 bits per heavy atom. The highest BCUT2D eigenvalue weighted by molar-refractivity contribution is 7.10. The van der Waals surface area contributed by atoms with E-state index in [2.05, 4.69) is 5.32 Å². The van der Waals surface area contributed by atoms with Crippen LogP contribution in [0.2, 0.25) is 0 Å². The average Bonchev–Trinajstić information content (AvgIpc) is 3.16. The first kappa shape index (κ1) is 22.4. The number of carbonyl (C=O) groups excluding carboxylic acids is 2. The minimum absolute atomic E-state index is 0.0135. The number of hydrogen-bond donors (Lipinski definition) is 2. The lowest BCUT2D eigenvalue weighted by atomic mass is 9.81. The molecule has 2 N–H and O–H groups in total. The molecule has 1 aliphatic rings. The highest BCUT2D eigenvalue weighted by Crippen LogP contribution is 2.40. The molecule has 3 rings (SSSR count). The van der Waals surface area contributed by atoms with E-state index in [4.69, 9.17) is 0 Å². The normalized spacial score (nSPS) is 24.5. The summed E-state index contributed by atoms with van der Waals surface area (Å²) in [6, 6.07) is 8.32. The third kappa shape index (κ3) is 4.90. The van der Waals surface area contributed by atoms with Gasteiger partial charge >= 0.3 is 0 Å². The maximum atomic E-state index is 14.3. The molecule has 2 aromatic rings. The molecular weight excluding hydrogens is 403 g/mol. The van der Waals surface area contributed by atoms with Gasteiger partial charge in [0.1, 0.15) is 5.82 Å². The summed E-state index contributed by atoms with van der Waals surface area (Å²) in [6.45, 7) is 7.85. The van der Waals surface area contributed by atoms with Crippen LogP contribution in [0.25, 0.3) is 0 Å². The third-order valence-corrected chi connectivity index (χ3v) is 6.33. The van der Waals surface area contributed by atoms with Crippen molar-refractivity contribution in [3.05, 3.63) is 58.0 Å². The van der Waals surface area contributed by atoms with Crippen molar-refractivity contribution in [1.82, 2.24) is 10.2 Å². The number of thiophene rings is 1. The Bertz CT molecular complexity index is 905. The van der Waals surface area contributed by atoms with Crippen molar-refractivity contribution < 1.29 is 19.1 Å². The second-order valence-corrected chi connectivity index (χ2v) is 10.3. The number of nitrogens with one attached hydrogen (secondary N) is 1. The number of nitrogens with zero attached hydrogens (tertiary/aromatic N) is 1. The van der Waals surface area contributed by atoms with Gasteiger partial charge in [-0.25, -0.2) is 4.39 Å². The van der Waals surface area contributed by atoms with E-state index in [0.29, 0.717) is 0 Å². The fraction of sp³-hybridized carbons (Fsp3) is 0.478. The van der Waals surface area contributed by atoms with Gasteiger partial charge in [-0.2, -0.15) is 0 Å². The number of carbonyl (C=O) groups is 2. The van der Waals surface area contributed by atoms with Gasteiger partial charge in [-0.1, -0.05) is 39.0 Å². The molecule has 7 heteroatoms. The van der Waals surface area contributed by atoms with Crippen LogP contribution in [0.5, 0.6) is 0 Å². The molecule has 5 nitrogen and oxygen atoms in total. The number of rotatable bonds is 4. The van der Waals surface area contributed by atoms with Crippen molar-refractivity contribution in [2.24, 2.45) is 5.41 Å². The zero-order chi connectivity index (χ0) is 22.1. The molecule has 2 amide bonds. The van der Waals surface area contributed by atoms with E-state index >= 15 is 0 Å². The maximum absolute atomic E-state index is 14.3. The van der Waals surface area contributed by atoms with Crippen molar-refractivity contribution >= 4 is 23.2 Å². The summed E-state index contributed by atoms with van der Waals surface area (Å²) >= 11 is 1.44. The Hall–Kier alpha value is -2.25. The molecule has 0 saturated carbocycles. The number of amides is 2. The summed E-state index contributed by atoms with van der Waals surface area (Å²) in [4.78, 5) is 28.4. The predicted molar refractivity (Wildman–Crippen MR) is 116 cm³/mol. The lowest BCUT2D eigenvalue weighted by molar-refractivity contribution is -0.129. The Labute approximate surface area is 180 Å². The van der Waals surface area contributed by atoms with Crippen LogP contribution in [0.4, 0.5) is 4.39 Å². The molecule has 1 aliphatic heterocycles. The molecule has 2 heterocycles. The number of halogens is 1. The lowest BCUT2D eigenvalue weighted by Crippen LogP contribution is -2.63. The monoisotopic (exact) mass is 432 g/mol. The fourth-order valence-corrected chi connectivity index (χ4v) is 4.77. The van der Waals surface area contributed by atoms with E-state index < -0.39 is 29.4 Å². The van der Waals surface area contributed by atoms with Gasteiger partial charge in [-0.15, -0.1) is 11.3 Å². The van der Waals surface area contributed by atoms with Crippen LogP contribution in [0.1, 0.15) is 61.8 Å². The largest absolute Gasteiger partial charge is 0.388 e. The summed E-state index contributed by atoms with van der Waals surface area (Å²) in [5.74, 6) is -1.22. The van der Waals surface area contributed by atoms with Gasteiger partial charge in [0.25, 0.3) is 5.91 Å². The SMILES string of the molecule is CC(C)(C)CC(=O)N[C@H]1[C@H](c2cccs2)N(C(=O)c2ccccc2F)CC[C@@]1(C)O. The molecule has 1 saturated heterocycles. The molecule has 0 spiro atoms. The molecule has 0 unspecified atom stereocenters. The van der Waals surface area contributed by atoms with E-state index in [1.165, 1.54) is 23.5 Å². The second-order valence-electron chi connectivity index (χ2n) is 9.33. The number of piperidine rings is 1. The highest BCUT2D eigenvalue weighted by Gasteiger charge is 2.48. The minimum Gasteiger partial charge on any atom is -0.388 e. The van der Waals surface area contributed by atoms with Gasteiger partial charge < -0.3 is 15.3 Å². The lowest BCUT2D eigenvalue weighted by Gasteiger charge is -2.48.